The molecule has 6 unspecified atom stereocenters. The molecule has 258 valence electrons. The van der Waals surface area contributed by atoms with E-state index in [1.54, 1.807) is 12.1 Å². The molecule has 0 radical (unpaired) electrons. The normalized spacial score (nSPS) is 30.6. The maximum atomic E-state index is 12.9. The number of benzene rings is 2. The van der Waals surface area contributed by atoms with Gasteiger partial charge in [-0.05, 0) is 130 Å². The molecule has 2 aromatic carbocycles. The minimum absolute atomic E-state index is 0.0808. The molecule has 0 saturated heterocycles. The smallest absolute Gasteiger partial charge is 0.262 e. The molecule has 7 rings (SSSR count). The van der Waals surface area contributed by atoms with Gasteiger partial charge in [-0.25, -0.2) is 8.60 Å². The number of nitrogens with zero attached hydrogens (tertiary/aromatic N) is 2. The van der Waals surface area contributed by atoms with Crippen LogP contribution in [0.15, 0.2) is 79.1 Å². The molecule has 1 spiro atoms. The molecule has 1 amide bonds. The molecule has 7 nitrogen and oxygen atoms in total. The minimum atomic E-state index is -1.52. The van der Waals surface area contributed by atoms with E-state index in [0.717, 1.165) is 50.2 Å². The van der Waals surface area contributed by atoms with E-state index >= 15 is 0 Å². The van der Waals surface area contributed by atoms with Crippen molar-refractivity contribution in [3.63, 3.8) is 0 Å². The Morgan fingerprint density at radius 3 is 2.52 bits per heavy atom. The van der Waals surface area contributed by atoms with Gasteiger partial charge < -0.3 is 14.7 Å². The number of carbonyl (C=O) groups is 1. The van der Waals surface area contributed by atoms with Gasteiger partial charge in [0.05, 0.1) is 18.0 Å². The molecule has 1 saturated carbocycles. The second-order valence-corrected chi connectivity index (χ2v) is 15.7. The Bertz CT molecular complexity index is 1580. The Hall–Kier alpha value is -3.11. The van der Waals surface area contributed by atoms with Gasteiger partial charge in [0.1, 0.15) is 22.6 Å². The second-order valence-electron chi connectivity index (χ2n) is 13.7. The van der Waals surface area contributed by atoms with Crippen LogP contribution in [0.4, 0.5) is 4.39 Å². The molecule has 1 aromatic heterocycles. The monoisotopic (exact) mass is 695 g/mol. The van der Waals surface area contributed by atoms with E-state index in [1.807, 2.05) is 44.2 Å². The predicted octanol–water partition coefficient (Wildman–Crippen LogP) is 6.91. The highest BCUT2D eigenvalue weighted by Crippen LogP contribution is 2.42. The van der Waals surface area contributed by atoms with Crippen molar-refractivity contribution in [2.75, 3.05) is 26.7 Å². The number of aliphatic hydroxyl groups is 1. The maximum absolute atomic E-state index is 12.9. The van der Waals surface area contributed by atoms with Gasteiger partial charge in [-0.15, -0.1) is 0 Å². The van der Waals surface area contributed by atoms with Gasteiger partial charge in [0.2, 0.25) is 0 Å². The SMILES string of the molecule is CC1C/C=C/C(O)C2CCC2CN(C)C[C@@]2(CCCc3cc(Cl)ccc32)COc2ccc(cc2)C(=O)NS(=O)C1C.Fc1ccncc1. The molecule has 10 heteroatoms. The van der Waals surface area contributed by atoms with Crippen LogP contribution in [0.5, 0.6) is 5.75 Å². The van der Waals surface area contributed by atoms with Crippen LogP contribution in [0.3, 0.4) is 0 Å². The van der Waals surface area contributed by atoms with Gasteiger partial charge in [-0.3, -0.25) is 14.5 Å². The number of aliphatic hydroxyl groups excluding tert-OH is 1. The number of allylic oxidation sites excluding steroid dienone is 1. The fraction of sp³-hybridized carbons (Fsp3) is 0.474. The number of hydrogen-bond acceptors (Lipinski definition) is 6. The molecule has 48 heavy (non-hydrogen) atoms. The highest BCUT2D eigenvalue weighted by Gasteiger charge is 2.41. The molecule has 2 N–H and O–H groups in total. The van der Waals surface area contributed by atoms with Crippen molar-refractivity contribution in [3.05, 3.63) is 107 Å². The Morgan fingerprint density at radius 2 is 1.85 bits per heavy atom. The predicted molar refractivity (Wildman–Crippen MR) is 190 cm³/mol. The van der Waals surface area contributed by atoms with E-state index in [4.69, 9.17) is 16.3 Å². The zero-order chi connectivity index (χ0) is 34.3. The quantitative estimate of drug-likeness (QED) is 0.249. The number of pyridine rings is 1. The van der Waals surface area contributed by atoms with Gasteiger partial charge in [-0.1, -0.05) is 36.7 Å². The van der Waals surface area contributed by atoms with Gasteiger partial charge >= 0.3 is 0 Å². The Kier molecular flexibility index (Phi) is 12.5. The van der Waals surface area contributed by atoms with Crippen molar-refractivity contribution in [1.29, 1.82) is 0 Å². The topological polar surface area (TPSA) is 91.8 Å². The third-order valence-electron chi connectivity index (χ3n) is 10.2. The molecule has 4 aliphatic rings. The molecular formula is C38H47ClFN3O4S. The first-order valence-corrected chi connectivity index (χ1v) is 18.5. The summed E-state index contributed by atoms with van der Waals surface area (Å²) in [5.41, 5.74) is 2.83. The largest absolute Gasteiger partial charge is 0.493 e. The number of aromatic nitrogens is 1. The molecule has 3 aromatic rings. The summed E-state index contributed by atoms with van der Waals surface area (Å²) in [6.07, 6.45) is 12.2. The third kappa shape index (κ3) is 9.11. The van der Waals surface area contributed by atoms with Gasteiger partial charge in [0.15, 0.2) is 0 Å². The molecule has 7 atom stereocenters. The van der Waals surface area contributed by atoms with Crippen molar-refractivity contribution in [2.45, 2.75) is 69.1 Å². The van der Waals surface area contributed by atoms with Crippen LogP contribution >= 0.6 is 11.6 Å². The highest BCUT2D eigenvalue weighted by molar-refractivity contribution is 7.84. The molecule has 1 fully saturated rings. The first-order chi connectivity index (χ1) is 23.0. The maximum Gasteiger partial charge on any atom is 0.262 e. The summed E-state index contributed by atoms with van der Waals surface area (Å²) in [7, 11) is 0.666. The first-order valence-electron chi connectivity index (χ1n) is 16.9. The van der Waals surface area contributed by atoms with Crippen molar-refractivity contribution < 1.29 is 23.2 Å². The van der Waals surface area contributed by atoms with Crippen LogP contribution < -0.4 is 9.46 Å². The summed E-state index contributed by atoms with van der Waals surface area (Å²) in [4.78, 5) is 18.9. The molecule has 2 aliphatic heterocycles. The van der Waals surface area contributed by atoms with Crippen LogP contribution in [0.25, 0.3) is 0 Å². The minimum Gasteiger partial charge on any atom is -0.493 e. The van der Waals surface area contributed by atoms with Crippen molar-refractivity contribution in [3.8, 4) is 5.75 Å². The summed E-state index contributed by atoms with van der Waals surface area (Å²) in [6, 6.07) is 16.0. The first kappa shape index (κ1) is 36.2. The number of nitrogens with one attached hydrogen (secondary N) is 1. The number of halogens is 2. The van der Waals surface area contributed by atoms with Crippen LogP contribution in [0.1, 0.15) is 67.4 Å². The standard InChI is InChI=1S/C33H43ClN2O4S.C5H4FN/c1-22-6-4-8-31(37)29-15-11-26(29)19-36(3)20-33(17-5-7-25-18-27(34)12-16-30(25)33)21-40-28-13-9-24(10-14-28)32(38)35-41(39)23(22)2;6-5-1-3-7-4-2-5/h4,8-10,12-14,16,18,22-23,26,29,31,37H,5-7,11,15,17,19-21H2,1-3H3,(H,35,38);1-4H/b8-4+;/t22?,23?,26?,29?,31?,33-,41?;/m0./s1. The third-order valence-corrected chi connectivity index (χ3v) is 12.0. The number of rotatable bonds is 0. The lowest BCUT2D eigenvalue weighted by Crippen LogP contribution is -2.49. The average Bonchev–Trinajstić information content (AvgIpc) is 3.06. The van der Waals surface area contributed by atoms with Crippen LogP contribution in [0, 0.1) is 23.6 Å². The molecule has 3 heterocycles. The van der Waals surface area contributed by atoms with E-state index < -0.39 is 17.1 Å². The number of aryl methyl sites for hydroxylation is 1. The van der Waals surface area contributed by atoms with Gasteiger partial charge in [0.25, 0.3) is 5.91 Å². The average molecular weight is 696 g/mol. The van der Waals surface area contributed by atoms with E-state index in [2.05, 4.69) is 33.8 Å². The lowest BCUT2D eigenvalue weighted by molar-refractivity contribution is 0.0197. The van der Waals surface area contributed by atoms with E-state index in [-0.39, 0.29) is 34.2 Å². The molecule has 2 aliphatic carbocycles. The zero-order valence-corrected chi connectivity index (χ0v) is 29.6. The Morgan fingerprint density at radius 1 is 1.10 bits per heavy atom. The number of hydrogen-bond donors (Lipinski definition) is 2. The second kappa shape index (κ2) is 16.5. The van der Waals surface area contributed by atoms with Gasteiger partial charge in [0, 0.05) is 41.5 Å². The summed E-state index contributed by atoms with van der Waals surface area (Å²) in [6.45, 7) is 6.20. The summed E-state index contributed by atoms with van der Waals surface area (Å²) in [5.74, 6) is 0.857. The number of fused-ring (bicyclic) bond motifs is 13. The molecule has 2 bridgehead atoms. The van der Waals surface area contributed by atoms with Gasteiger partial charge in [-0.2, -0.15) is 0 Å². The van der Waals surface area contributed by atoms with E-state index in [0.29, 0.717) is 30.3 Å². The Labute approximate surface area is 291 Å². The van der Waals surface area contributed by atoms with Crippen LogP contribution in [-0.2, 0) is 22.8 Å². The van der Waals surface area contributed by atoms with E-state index in [9.17, 15) is 18.5 Å². The van der Waals surface area contributed by atoms with Crippen molar-refractivity contribution in [2.24, 2.45) is 17.8 Å². The number of amides is 1. The summed E-state index contributed by atoms with van der Waals surface area (Å²) < 4.78 is 33.9. The van der Waals surface area contributed by atoms with E-state index in [1.165, 1.54) is 35.7 Å². The molecular weight excluding hydrogens is 649 g/mol. The number of likely N-dealkylation sites (N-methyl/N-ethyl adjacent to an activating group) is 1. The van der Waals surface area contributed by atoms with Crippen molar-refractivity contribution in [1.82, 2.24) is 14.6 Å². The summed E-state index contributed by atoms with van der Waals surface area (Å²) >= 11 is 6.39. The number of carbonyl (C=O) groups excluding carboxylic acids is 1. The Balaban J connectivity index is 0.000000572. The fourth-order valence-corrected chi connectivity index (χ4v) is 8.34. The summed E-state index contributed by atoms with van der Waals surface area (Å²) in [5, 5.41) is 11.5. The highest BCUT2D eigenvalue weighted by atomic mass is 35.5. The van der Waals surface area contributed by atoms with Crippen molar-refractivity contribution >= 4 is 28.5 Å². The number of ether oxygens (including phenoxy) is 1. The van der Waals surface area contributed by atoms with Crippen LogP contribution in [-0.4, -0.2) is 63.2 Å². The fourth-order valence-electron chi connectivity index (χ4n) is 7.13. The lowest BCUT2D eigenvalue weighted by Gasteiger charge is -2.45. The zero-order valence-electron chi connectivity index (χ0n) is 28.0. The lowest BCUT2D eigenvalue weighted by atomic mass is 9.68. The van der Waals surface area contributed by atoms with Crippen LogP contribution in [0.2, 0.25) is 5.02 Å².